The maximum absolute atomic E-state index is 14.5. The molecule has 0 radical (unpaired) electrons. The van der Waals surface area contributed by atoms with Crippen molar-refractivity contribution in [3.63, 3.8) is 0 Å². The van der Waals surface area contributed by atoms with Crippen molar-refractivity contribution in [3.05, 3.63) is 124 Å². The minimum absolute atomic E-state index is 0.168. The van der Waals surface area contributed by atoms with Gasteiger partial charge in [0.15, 0.2) is 0 Å². The number of hydrogen-bond donors (Lipinski definition) is 0. The standard InChI is InChI=1S/C32H27Cl2FN2O/c33-25-16-24(17-26(34)18-25)31(38)37-21-32(29-19-27(35)10-11-30(29)37)12-14-36(15-13-32)20-23-8-4-5-9-28(23)22-6-2-1-3-7-22/h1-11,16-19H,12-15,20-21H2. The Bertz CT molecular complexity index is 1480. The molecule has 0 aliphatic carbocycles. The van der Waals surface area contributed by atoms with Gasteiger partial charge in [-0.15, -0.1) is 0 Å². The Hall–Kier alpha value is -3.18. The van der Waals surface area contributed by atoms with Crippen LogP contribution in [-0.2, 0) is 12.0 Å². The molecule has 2 heterocycles. The summed E-state index contributed by atoms with van der Waals surface area (Å²) in [6, 6.07) is 28.7. The van der Waals surface area contributed by atoms with E-state index in [4.69, 9.17) is 23.2 Å². The SMILES string of the molecule is O=C(c1cc(Cl)cc(Cl)c1)N1CC2(CCN(Cc3ccccc3-c3ccccc3)CC2)c2cc(F)ccc21. The highest BCUT2D eigenvalue weighted by Crippen LogP contribution is 2.48. The predicted octanol–water partition coefficient (Wildman–Crippen LogP) is 7.99. The minimum Gasteiger partial charge on any atom is -0.307 e. The molecule has 6 heteroatoms. The highest BCUT2D eigenvalue weighted by molar-refractivity contribution is 6.35. The molecule has 0 aromatic heterocycles. The van der Waals surface area contributed by atoms with Crippen molar-refractivity contribution in [1.29, 1.82) is 0 Å². The van der Waals surface area contributed by atoms with Crippen LogP contribution in [-0.4, -0.2) is 30.4 Å². The lowest BCUT2D eigenvalue weighted by atomic mass is 9.74. The van der Waals surface area contributed by atoms with E-state index in [9.17, 15) is 9.18 Å². The molecule has 1 saturated heterocycles. The smallest absolute Gasteiger partial charge is 0.258 e. The highest BCUT2D eigenvalue weighted by Gasteiger charge is 2.46. The topological polar surface area (TPSA) is 23.6 Å². The number of amides is 1. The highest BCUT2D eigenvalue weighted by atomic mass is 35.5. The van der Waals surface area contributed by atoms with Gasteiger partial charge in [0.05, 0.1) is 0 Å². The second-order valence-corrected chi connectivity index (χ2v) is 11.2. The average molecular weight is 545 g/mol. The summed E-state index contributed by atoms with van der Waals surface area (Å²) in [4.78, 5) is 17.8. The molecular formula is C32H27Cl2FN2O. The van der Waals surface area contributed by atoms with Crippen LogP contribution in [0, 0.1) is 5.82 Å². The van der Waals surface area contributed by atoms with E-state index in [-0.39, 0.29) is 17.1 Å². The summed E-state index contributed by atoms with van der Waals surface area (Å²) in [7, 11) is 0. The molecular weight excluding hydrogens is 518 g/mol. The van der Waals surface area contributed by atoms with Crippen molar-refractivity contribution in [1.82, 2.24) is 4.90 Å². The minimum atomic E-state index is -0.287. The van der Waals surface area contributed by atoms with Gasteiger partial charge < -0.3 is 4.90 Å². The van der Waals surface area contributed by atoms with Gasteiger partial charge in [-0.1, -0.05) is 77.8 Å². The fourth-order valence-electron chi connectivity index (χ4n) is 6.02. The van der Waals surface area contributed by atoms with Gasteiger partial charge in [-0.3, -0.25) is 9.69 Å². The first-order valence-electron chi connectivity index (χ1n) is 12.9. The number of rotatable bonds is 4. The Morgan fingerprint density at radius 1 is 0.842 bits per heavy atom. The predicted molar refractivity (Wildman–Crippen MR) is 153 cm³/mol. The first kappa shape index (κ1) is 25.1. The quantitative estimate of drug-likeness (QED) is 0.260. The summed E-state index contributed by atoms with van der Waals surface area (Å²) >= 11 is 12.4. The molecule has 1 amide bonds. The molecule has 192 valence electrons. The van der Waals surface area contributed by atoms with E-state index in [0.29, 0.717) is 22.2 Å². The van der Waals surface area contributed by atoms with Crippen molar-refractivity contribution in [2.45, 2.75) is 24.8 Å². The van der Waals surface area contributed by atoms with Gasteiger partial charge in [0, 0.05) is 39.8 Å². The number of halogens is 3. The molecule has 0 N–H and O–H groups in total. The van der Waals surface area contributed by atoms with Crippen LogP contribution >= 0.6 is 23.2 Å². The lowest BCUT2D eigenvalue weighted by molar-refractivity contribution is 0.0975. The fourth-order valence-corrected chi connectivity index (χ4v) is 6.55. The van der Waals surface area contributed by atoms with E-state index in [2.05, 4.69) is 53.4 Å². The van der Waals surface area contributed by atoms with E-state index in [1.54, 1.807) is 35.2 Å². The number of anilines is 1. The van der Waals surface area contributed by atoms with Crippen molar-refractivity contribution < 1.29 is 9.18 Å². The fraction of sp³-hybridized carbons (Fsp3) is 0.219. The number of hydrogen-bond acceptors (Lipinski definition) is 2. The monoisotopic (exact) mass is 544 g/mol. The zero-order chi connectivity index (χ0) is 26.3. The third-order valence-electron chi connectivity index (χ3n) is 7.95. The van der Waals surface area contributed by atoms with Crippen molar-refractivity contribution in [2.75, 3.05) is 24.5 Å². The number of nitrogens with zero attached hydrogens (tertiary/aromatic N) is 2. The zero-order valence-corrected chi connectivity index (χ0v) is 22.4. The molecule has 38 heavy (non-hydrogen) atoms. The summed E-state index contributed by atoms with van der Waals surface area (Å²) in [6.07, 6.45) is 1.69. The van der Waals surface area contributed by atoms with Crippen LogP contribution in [0.25, 0.3) is 11.1 Å². The molecule has 0 saturated carbocycles. The van der Waals surface area contributed by atoms with Crippen molar-refractivity contribution in [2.24, 2.45) is 0 Å². The van der Waals surface area contributed by atoms with Crippen LogP contribution in [0.4, 0.5) is 10.1 Å². The Morgan fingerprint density at radius 3 is 2.26 bits per heavy atom. The summed E-state index contributed by atoms with van der Waals surface area (Å²) in [5.74, 6) is -0.444. The molecule has 1 fully saturated rings. The molecule has 0 unspecified atom stereocenters. The molecule has 4 aromatic rings. The second kappa shape index (κ2) is 10.2. The van der Waals surface area contributed by atoms with Gasteiger partial charge in [-0.25, -0.2) is 4.39 Å². The summed E-state index contributed by atoms with van der Waals surface area (Å²) in [5, 5.41) is 0.830. The van der Waals surface area contributed by atoms with Crippen LogP contribution in [0.5, 0.6) is 0 Å². The molecule has 4 aromatic carbocycles. The van der Waals surface area contributed by atoms with Gasteiger partial charge in [0.25, 0.3) is 5.91 Å². The molecule has 3 nitrogen and oxygen atoms in total. The maximum Gasteiger partial charge on any atom is 0.258 e. The molecule has 6 rings (SSSR count). The van der Waals surface area contributed by atoms with E-state index in [0.717, 1.165) is 43.7 Å². The van der Waals surface area contributed by atoms with Crippen LogP contribution in [0.15, 0.2) is 91.0 Å². The maximum atomic E-state index is 14.5. The van der Waals surface area contributed by atoms with E-state index in [1.807, 2.05) is 6.07 Å². The largest absolute Gasteiger partial charge is 0.307 e. The van der Waals surface area contributed by atoms with Crippen LogP contribution in [0.3, 0.4) is 0 Å². The van der Waals surface area contributed by atoms with Gasteiger partial charge in [-0.05, 0) is 84.6 Å². The molecule has 0 atom stereocenters. The molecule has 1 spiro atoms. The number of fused-ring (bicyclic) bond motifs is 2. The van der Waals surface area contributed by atoms with Gasteiger partial charge in [0.1, 0.15) is 5.82 Å². The lowest BCUT2D eigenvalue weighted by Gasteiger charge is -2.40. The zero-order valence-electron chi connectivity index (χ0n) is 20.8. The van der Waals surface area contributed by atoms with E-state index >= 15 is 0 Å². The van der Waals surface area contributed by atoms with Crippen molar-refractivity contribution >= 4 is 34.8 Å². The molecule has 2 aliphatic heterocycles. The lowest BCUT2D eigenvalue weighted by Crippen LogP contribution is -2.45. The van der Waals surface area contributed by atoms with Gasteiger partial charge in [0.2, 0.25) is 0 Å². The summed E-state index contributed by atoms with van der Waals surface area (Å²) < 4.78 is 14.5. The number of likely N-dealkylation sites (tertiary alicyclic amines) is 1. The number of carbonyl (C=O) groups is 1. The van der Waals surface area contributed by atoms with Crippen molar-refractivity contribution in [3.8, 4) is 11.1 Å². The number of benzene rings is 4. The first-order valence-corrected chi connectivity index (χ1v) is 13.6. The number of carbonyl (C=O) groups excluding carboxylic acids is 1. The van der Waals surface area contributed by atoms with E-state index < -0.39 is 0 Å². The first-order chi connectivity index (χ1) is 18.4. The third-order valence-corrected chi connectivity index (χ3v) is 8.38. The van der Waals surface area contributed by atoms with Crippen LogP contribution in [0.1, 0.15) is 34.3 Å². The normalized spacial score (nSPS) is 16.6. The molecule has 0 bridgehead atoms. The Labute approximate surface area is 232 Å². The van der Waals surface area contributed by atoms with Gasteiger partial charge in [-0.2, -0.15) is 0 Å². The second-order valence-electron chi connectivity index (χ2n) is 10.3. The van der Waals surface area contributed by atoms with E-state index in [1.165, 1.54) is 22.8 Å². The average Bonchev–Trinajstić information content (AvgIpc) is 3.23. The van der Waals surface area contributed by atoms with Crippen LogP contribution < -0.4 is 4.90 Å². The Morgan fingerprint density at radius 2 is 1.53 bits per heavy atom. The Kier molecular flexibility index (Phi) is 6.73. The Balaban J connectivity index is 1.24. The summed E-state index contributed by atoms with van der Waals surface area (Å²) in [5.41, 5.74) is 5.60. The summed E-state index contributed by atoms with van der Waals surface area (Å²) in [6.45, 7) is 3.10. The number of piperidine rings is 1. The van der Waals surface area contributed by atoms with Crippen LogP contribution in [0.2, 0.25) is 10.0 Å². The molecule has 2 aliphatic rings. The third kappa shape index (κ3) is 4.73. The van der Waals surface area contributed by atoms with Gasteiger partial charge >= 0.3 is 0 Å².